The number of carboxylic acids is 1. The Hall–Kier alpha value is -3.97. The molecule has 5 N–H and O–H groups in total. The van der Waals surface area contributed by atoms with Crippen LogP contribution in [0.3, 0.4) is 0 Å². The minimum absolute atomic E-state index is 0.0123. The zero-order chi connectivity index (χ0) is 30.2. The topological polar surface area (TPSA) is 139 Å². The van der Waals surface area contributed by atoms with E-state index in [0.717, 1.165) is 42.4 Å². The lowest BCUT2D eigenvalue weighted by Crippen LogP contribution is -2.53. The Kier molecular flexibility index (Phi) is 10.2. The SMILES string of the molecule is Cc1ccc(S(=O)(=O)N[C@@H](Cc2ccccc2)C(=O)N[C@@H](Cc2ccc(C#CC3(N)CCCCC3)cc2)C(=O)O)cc1. The summed E-state index contributed by atoms with van der Waals surface area (Å²) in [7, 11) is -4.06. The van der Waals surface area contributed by atoms with Crippen LogP contribution in [-0.4, -0.2) is 43.0 Å². The maximum Gasteiger partial charge on any atom is 0.326 e. The van der Waals surface area contributed by atoms with E-state index < -0.39 is 39.5 Å². The van der Waals surface area contributed by atoms with Crippen LogP contribution in [-0.2, 0) is 32.5 Å². The van der Waals surface area contributed by atoms with E-state index in [2.05, 4.69) is 21.9 Å². The van der Waals surface area contributed by atoms with E-state index in [1.807, 2.05) is 25.1 Å². The minimum Gasteiger partial charge on any atom is -0.480 e. The summed E-state index contributed by atoms with van der Waals surface area (Å²) in [5.74, 6) is 4.39. The van der Waals surface area contributed by atoms with Gasteiger partial charge in [0.15, 0.2) is 0 Å². The first kappa shape index (κ1) is 31.0. The van der Waals surface area contributed by atoms with E-state index in [4.69, 9.17) is 5.73 Å². The van der Waals surface area contributed by atoms with Crippen molar-refractivity contribution in [3.05, 3.63) is 101 Å². The fraction of sp³-hybridized carbons (Fsp3) is 0.333. The fourth-order valence-corrected chi connectivity index (χ4v) is 6.14. The van der Waals surface area contributed by atoms with Crippen molar-refractivity contribution >= 4 is 21.9 Å². The summed E-state index contributed by atoms with van der Waals surface area (Å²) < 4.78 is 28.8. The normalized spacial score (nSPS) is 16.0. The van der Waals surface area contributed by atoms with Gasteiger partial charge >= 0.3 is 5.97 Å². The Morgan fingerprint density at radius 3 is 2.10 bits per heavy atom. The molecule has 1 fully saturated rings. The van der Waals surface area contributed by atoms with Crippen molar-refractivity contribution in [3.63, 3.8) is 0 Å². The van der Waals surface area contributed by atoms with Gasteiger partial charge in [0.2, 0.25) is 15.9 Å². The molecule has 1 aliphatic rings. The van der Waals surface area contributed by atoms with Crippen molar-refractivity contribution in [1.29, 1.82) is 0 Å². The number of nitrogens with one attached hydrogen (secondary N) is 2. The number of hydrogen-bond acceptors (Lipinski definition) is 5. The molecule has 3 aromatic rings. The van der Waals surface area contributed by atoms with E-state index in [0.29, 0.717) is 5.56 Å². The number of carbonyl (C=O) groups is 2. The Balaban J connectivity index is 1.48. The van der Waals surface area contributed by atoms with Gasteiger partial charge in [0.1, 0.15) is 12.1 Å². The Morgan fingerprint density at radius 2 is 1.48 bits per heavy atom. The fourth-order valence-electron chi connectivity index (χ4n) is 4.95. The molecule has 0 heterocycles. The summed E-state index contributed by atoms with van der Waals surface area (Å²) >= 11 is 0. The Morgan fingerprint density at radius 1 is 0.881 bits per heavy atom. The molecule has 220 valence electrons. The third kappa shape index (κ3) is 8.76. The van der Waals surface area contributed by atoms with Crippen molar-refractivity contribution in [2.45, 2.75) is 74.4 Å². The maximum absolute atomic E-state index is 13.4. The highest BCUT2D eigenvalue weighted by Crippen LogP contribution is 2.25. The quantitative estimate of drug-likeness (QED) is 0.267. The number of carbonyl (C=O) groups excluding carboxylic acids is 1. The summed E-state index contributed by atoms with van der Waals surface area (Å²) in [5.41, 5.74) is 9.03. The maximum atomic E-state index is 13.4. The zero-order valence-electron chi connectivity index (χ0n) is 23.7. The van der Waals surface area contributed by atoms with Gasteiger partial charge in [0.25, 0.3) is 0 Å². The van der Waals surface area contributed by atoms with Gasteiger partial charge in [-0.15, -0.1) is 0 Å². The number of rotatable bonds is 10. The van der Waals surface area contributed by atoms with Crippen molar-refractivity contribution in [1.82, 2.24) is 10.0 Å². The molecule has 0 bridgehead atoms. The molecule has 2 atom stereocenters. The first-order valence-electron chi connectivity index (χ1n) is 14.1. The first-order chi connectivity index (χ1) is 20.0. The molecule has 0 spiro atoms. The molecule has 0 unspecified atom stereocenters. The summed E-state index contributed by atoms with van der Waals surface area (Å²) in [6.07, 6.45) is 5.15. The van der Waals surface area contributed by atoms with E-state index >= 15 is 0 Å². The number of nitrogens with two attached hydrogens (primary N) is 1. The van der Waals surface area contributed by atoms with Crippen molar-refractivity contribution < 1.29 is 23.1 Å². The van der Waals surface area contributed by atoms with E-state index in [1.165, 1.54) is 18.6 Å². The summed E-state index contributed by atoms with van der Waals surface area (Å²) in [4.78, 5) is 25.6. The molecule has 8 nitrogen and oxygen atoms in total. The van der Waals surface area contributed by atoms with Crippen molar-refractivity contribution in [2.24, 2.45) is 5.73 Å². The van der Waals surface area contributed by atoms with Crippen LogP contribution in [0.1, 0.15) is 54.4 Å². The van der Waals surface area contributed by atoms with Gasteiger partial charge in [-0.3, -0.25) is 4.79 Å². The summed E-state index contributed by atoms with van der Waals surface area (Å²) in [6, 6.07) is 19.9. The molecule has 9 heteroatoms. The Labute approximate surface area is 247 Å². The van der Waals surface area contributed by atoms with Crippen LogP contribution in [0.5, 0.6) is 0 Å². The van der Waals surface area contributed by atoms with Gasteiger partial charge in [0.05, 0.1) is 10.4 Å². The van der Waals surface area contributed by atoms with Crippen LogP contribution in [0.4, 0.5) is 0 Å². The molecule has 1 amide bonds. The molecular weight excluding hydrogens is 550 g/mol. The smallest absolute Gasteiger partial charge is 0.326 e. The predicted molar refractivity (Wildman–Crippen MR) is 162 cm³/mol. The lowest BCUT2D eigenvalue weighted by Gasteiger charge is -2.27. The number of sulfonamides is 1. The number of benzene rings is 3. The zero-order valence-corrected chi connectivity index (χ0v) is 24.5. The minimum atomic E-state index is -4.06. The molecular formula is C33H37N3O5S. The van der Waals surface area contributed by atoms with Crippen LogP contribution in [0.15, 0.2) is 83.8 Å². The van der Waals surface area contributed by atoms with E-state index in [9.17, 15) is 23.1 Å². The summed E-state index contributed by atoms with van der Waals surface area (Å²) in [6.45, 7) is 1.84. The first-order valence-corrected chi connectivity index (χ1v) is 15.6. The second-order valence-corrected chi connectivity index (χ2v) is 12.7. The largest absolute Gasteiger partial charge is 0.480 e. The average molecular weight is 588 g/mol. The van der Waals surface area contributed by atoms with Crippen LogP contribution in [0.2, 0.25) is 0 Å². The average Bonchev–Trinajstić information content (AvgIpc) is 2.97. The molecule has 0 aliphatic heterocycles. The van der Waals surface area contributed by atoms with Crippen LogP contribution in [0.25, 0.3) is 0 Å². The van der Waals surface area contributed by atoms with E-state index in [-0.39, 0.29) is 17.7 Å². The number of aliphatic carboxylic acids is 1. The highest BCUT2D eigenvalue weighted by molar-refractivity contribution is 7.89. The number of hydrogen-bond donors (Lipinski definition) is 4. The molecule has 4 rings (SSSR count). The lowest BCUT2D eigenvalue weighted by molar-refractivity contribution is -0.142. The number of amides is 1. The standard InChI is InChI=1S/C33H37N3O5S/c1-24-10-16-28(17-11-24)42(40,41)36-29(22-26-8-4-2-5-9-26)31(37)35-30(32(38)39)23-27-14-12-25(13-15-27)18-21-33(34)19-6-3-7-20-33/h2,4-5,8-17,29-30,36H,3,6-7,19-20,22-23,34H2,1H3,(H,35,37)(H,38,39)/t29-,30-/m0/s1. The Bertz CT molecular complexity index is 1540. The van der Waals surface area contributed by atoms with Gasteiger partial charge in [0, 0.05) is 12.0 Å². The van der Waals surface area contributed by atoms with Gasteiger partial charge in [-0.1, -0.05) is 91.3 Å². The molecule has 0 aromatic heterocycles. The van der Waals surface area contributed by atoms with Gasteiger partial charge in [-0.25, -0.2) is 13.2 Å². The second kappa shape index (κ2) is 13.8. The van der Waals surface area contributed by atoms with Gasteiger partial charge < -0.3 is 16.2 Å². The third-order valence-corrected chi connectivity index (χ3v) is 8.93. The third-order valence-electron chi connectivity index (χ3n) is 7.44. The highest BCUT2D eigenvalue weighted by Gasteiger charge is 2.30. The predicted octanol–water partition coefficient (Wildman–Crippen LogP) is 3.71. The highest BCUT2D eigenvalue weighted by atomic mass is 32.2. The van der Waals surface area contributed by atoms with E-state index in [1.54, 1.807) is 48.5 Å². The van der Waals surface area contributed by atoms with Crippen molar-refractivity contribution in [3.8, 4) is 11.8 Å². The van der Waals surface area contributed by atoms with Gasteiger partial charge in [-0.2, -0.15) is 4.72 Å². The lowest BCUT2D eigenvalue weighted by atomic mass is 9.83. The van der Waals surface area contributed by atoms with Crippen LogP contribution in [0, 0.1) is 18.8 Å². The molecule has 1 aliphatic carbocycles. The molecule has 42 heavy (non-hydrogen) atoms. The van der Waals surface area contributed by atoms with Crippen LogP contribution >= 0.6 is 0 Å². The second-order valence-electron chi connectivity index (χ2n) is 10.9. The molecule has 3 aromatic carbocycles. The number of carboxylic acid groups (broad SMARTS) is 1. The van der Waals surface area contributed by atoms with Gasteiger partial charge in [-0.05, 0) is 61.6 Å². The molecule has 0 saturated heterocycles. The summed E-state index contributed by atoms with van der Waals surface area (Å²) in [5, 5.41) is 12.5. The van der Waals surface area contributed by atoms with Crippen LogP contribution < -0.4 is 15.8 Å². The monoisotopic (exact) mass is 587 g/mol. The molecule has 0 radical (unpaired) electrons. The molecule has 1 saturated carbocycles. The number of aryl methyl sites for hydroxylation is 1. The van der Waals surface area contributed by atoms with Crippen molar-refractivity contribution in [2.75, 3.05) is 0 Å².